The van der Waals surface area contributed by atoms with Crippen molar-refractivity contribution in [1.29, 1.82) is 0 Å². The molecule has 5 nitrogen and oxygen atoms in total. The van der Waals surface area contributed by atoms with Crippen molar-refractivity contribution in [3.8, 4) is 0 Å². The van der Waals surface area contributed by atoms with Gasteiger partial charge in [-0.05, 0) is 23.3 Å². The van der Waals surface area contributed by atoms with Gasteiger partial charge in [0.25, 0.3) is 10.2 Å². The summed E-state index contributed by atoms with van der Waals surface area (Å²) in [5.74, 6) is 0.0297. The number of benzene rings is 2. The molecule has 1 aliphatic rings. The van der Waals surface area contributed by atoms with Crippen LogP contribution in [0.5, 0.6) is 0 Å². The van der Waals surface area contributed by atoms with Gasteiger partial charge in [-0.15, -0.1) is 4.41 Å². The van der Waals surface area contributed by atoms with Gasteiger partial charge in [-0.3, -0.25) is 0 Å². The lowest BCUT2D eigenvalue weighted by atomic mass is 9.89. The second-order valence-electron chi connectivity index (χ2n) is 6.42. The van der Waals surface area contributed by atoms with Gasteiger partial charge in [0.15, 0.2) is 0 Å². The van der Waals surface area contributed by atoms with Crippen molar-refractivity contribution in [3.05, 3.63) is 70.7 Å². The first-order valence-electron chi connectivity index (χ1n) is 8.05. The molecule has 3 rings (SSSR count). The van der Waals surface area contributed by atoms with Crippen LogP contribution in [0.15, 0.2) is 54.6 Å². The van der Waals surface area contributed by atoms with Crippen molar-refractivity contribution < 1.29 is 8.42 Å². The van der Waals surface area contributed by atoms with Crippen molar-refractivity contribution >= 4 is 21.8 Å². The highest BCUT2D eigenvalue weighted by Crippen LogP contribution is 2.44. The largest absolute Gasteiger partial charge is 0.295 e. The molecule has 0 aromatic heterocycles. The molecule has 1 fully saturated rings. The smallest absolute Gasteiger partial charge is 0.229 e. The van der Waals surface area contributed by atoms with Gasteiger partial charge in [0, 0.05) is 38.6 Å². The van der Waals surface area contributed by atoms with Gasteiger partial charge in [0.2, 0.25) is 0 Å². The number of likely N-dealkylation sites (N-methyl/N-ethyl adjacent to an activating group) is 1. The molecule has 134 valence electrons. The third kappa shape index (κ3) is 3.45. The predicted octanol–water partition coefficient (Wildman–Crippen LogP) is 3.13. The third-order valence-electron chi connectivity index (χ3n) is 4.55. The quantitative estimate of drug-likeness (QED) is 0.819. The van der Waals surface area contributed by atoms with E-state index in [4.69, 9.17) is 11.6 Å². The van der Waals surface area contributed by atoms with E-state index in [9.17, 15) is 8.42 Å². The van der Waals surface area contributed by atoms with Crippen LogP contribution in [0, 0.1) is 0 Å². The fraction of sp³-hybridized carbons (Fsp3) is 0.333. The summed E-state index contributed by atoms with van der Waals surface area (Å²) in [6.07, 6.45) is 0. The van der Waals surface area contributed by atoms with Crippen LogP contribution in [0.3, 0.4) is 0 Å². The summed E-state index contributed by atoms with van der Waals surface area (Å²) >= 11 is 6.03. The van der Waals surface area contributed by atoms with Crippen molar-refractivity contribution in [2.45, 2.75) is 12.0 Å². The number of rotatable bonds is 4. The van der Waals surface area contributed by atoms with Crippen molar-refractivity contribution in [2.75, 3.05) is 27.7 Å². The zero-order chi connectivity index (χ0) is 18.2. The van der Waals surface area contributed by atoms with E-state index >= 15 is 0 Å². The van der Waals surface area contributed by atoms with E-state index in [0.717, 1.165) is 11.1 Å². The van der Waals surface area contributed by atoms with Crippen LogP contribution in [-0.2, 0) is 10.2 Å². The average molecular weight is 380 g/mol. The number of hydrogen-bond acceptors (Lipinski definition) is 3. The lowest BCUT2D eigenvalue weighted by Crippen LogP contribution is -2.46. The maximum atomic E-state index is 13.0. The molecule has 0 bridgehead atoms. The number of halogens is 1. The molecule has 1 unspecified atom stereocenters. The molecule has 0 spiro atoms. The average Bonchev–Trinajstić information content (AvgIpc) is 2.94. The van der Waals surface area contributed by atoms with E-state index in [1.807, 2.05) is 49.5 Å². The Kier molecular flexibility index (Phi) is 5.18. The second-order valence-corrected chi connectivity index (χ2v) is 8.85. The lowest BCUT2D eigenvalue weighted by molar-refractivity contribution is 0.116. The molecule has 2 aromatic rings. The minimum atomic E-state index is -3.61. The van der Waals surface area contributed by atoms with Crippen LogP contribution in [0.1, 0.15) is 23.1 Å². The Morgan fingerprint density at radius 2 is 1.60 bits per heavy atom. The highest BCUT2D eigenvalue weighted by atomic mass is 35.5. The Balaban J connectivity index is 2.13. The fourth-order valence-corrected chi connectivity index (χ4v) is 4.76. The summed E-state index contributed by atoms with van der Waals surface area (Å²) < 4.78 is 28.6. The molecule has 0 aliphatic carbocycles. The van der Waals surface area contributed by atoms with Crippen LogP contribution < -0.4 is 0 Å². The van der Waals surface area contributed by atoms with Crippen LogP contribution in [0.4, 0.5) is 0 Å². The first-order valence-corrected chi connectivity index (χ1v) is 9.83. The van der Waals surface area contributed by atoms with Gasteiger partial charge in [-0.1, -0.05) is 54.1 Å². The minimum Gasteiger partial charge on any atom is -0.229 e. The Morgan fingerprint density at radius 1 is 1.00 bits per heavy atom. The predicted molar refractivity (Wildman–Crippen MR) is 100 cm³/mol. The van der Waals surface area contributed by atoms with Crippen LogP contribution in [0.2, 0.25) is 5.02 Å². The summed E-state index contributed by atoms with van der Waals surface area (Å²) in [7, 11) is 1.30. The minimum absolute atomic E-state index is 0.0297. The number of nitrogens with zero attached hydrogens (tertiary/aromatic N) is 3. The van der Waals surface area contributed by atoms with Gasteiger partial charge in [-0.25, -0.2) is 5.01 Å². The van der Waals surface area contributed by atoms with Crippen LogP contribution in [0.25, 0.3) is 0 Å². The molecule has 25 heavy (non-hydrogen) atoms. The zero-order valence-electron chi connectivity index (χ0n) is 14.5. The first kappa shape index (κ1) is 18.4. The molecule has 7 heteroatoms. The first-order chi connectivity index (χ1) is 11.8. The Morgan fingerprint density at radius 3 is 2.16 bits per heavy atom. The molecule has 1 aliphatic heterocycles. The van der Waals surface area contributed by atoms with E-state index in [1.54, 1.807) is 31.2 Å². The molecular formula is C18H22ClN3O2S. The number of hydrogen-bond donors (Lipinski definition) is 0. The molecular weight excluding hydrogens is 358 g/mol. The van der Waals surface area contributed by atoms with Crippen molar-refractivity contribution in [3.63, 3.8) is 0 Å². The number of hydrazine groups is 1. The maximum absolute atomic E-state index is 13.0. The molecule has 0 amide bonds. The monoisotopic (exact) mass is 379 g/mol. The van der Waals surface area contributed by atoms with Crippen molar-refractivity contribution in [1.82, 2.24) is 13.7 Å². The molecule has 2 aromatic carbocycles. The van der Waals surface area contributed by atoms with Crippen LogP contribution >= 0.6 is 11.6 Å². The van der Waals surface area contributed by atoms with E-state index in [0.29, 0.717) is 11.6 Å². The molecule has 0 N–H and O–H groups in total. The van der Waals surface area contributed by atoms with Crippen molar-refractivity contribution in [2.24, 2.45) is 0 Å². The highest BCUT2D eigenvalue weighted by molar-refractivity contribution is 7.86. The van der Waals surface area contributed by atoms with Gasteiger partial charge in [-0.2, -0.15) is 12.7 Å². The summed E-state index contributed by atoms with van der Waals surface area (Å²) in [6.45, 7) is 0.615. The Hall–Kier alpha value is -1.44. The Labute approximate surface area is 154 Å². The topological polar surface area (TPSA) is 43.9 Å². The molecule has 1 saturated heterocycles. The van der Waals surface area contributed by atoms with E-state index in [1.165, 1.54) is 8.72 Å². The summed E-state index contributed by atoms with van der Waals surface area (Å²) in [5, 5.41) is 2.42. The van der Waals surface area contributed by atoms with Gasteiger partial charge < -0.3 is 0 Å². The Bertz CT molecular complexity index is 825. The van der Waals surface area contributed by atoms with E-state index < -0.39 is 10.2 Å². The summed E-state index contributed by atoms with van der Waals surface area (Å²) in [5.41, 5.74) is 2.04. The normalized spacial score (nSPS) is 22.6. The van der Waals surface area contributed by atoms with E-state index in [2.05, 4.69) is 0 Å². The second kappa shape index (κ2) is 7.05. The molecule has 0 saturated carbocycles. The van der Waals surface area contributed by atoms with Gasteiger partial charge in [0.05, 0.1) is 6.04 Å². The highest BCUT2D eigenvalue weighted by Gasteiger charge is 2.46. The third-order valence-corrected chi connectivity index (χ3v) is 6.71. The SMILES string of the molecule is CN1C[C@H](c2ccccc2)C(c2ccc(Cl)cc2)N1S(=O)(=O)N(C)C. The summed E-state index contributed by atoms with van der Waals surface area (Å²) in [6, 6.07) is 17.1. The zero-order valence-corrected chi connectivity index (χ0v) is 16.1. The molecule has 0 radical (unpaired) electrons. The van der Waals surface area contributed by atoms with Crippen LogP contribution in [-0.4, -0.2) is 49.8 Å². The molecule has 2 atom stereocenters. The lowest BCUT2D eigenvalue weighted by Gasteiger charge is -2.32. The van der Waals surface area contributed by atoms with E-state index in [-0.39, 0.29) is 12.0 Å². The molecule has 1 heterocycles. The summed E-state index contributed by atoms with van der Waals surface area (Å²) in [4.78, 5) is 0. The van der Waals surface area contributed by atoms with Gasteiger partial charge in [0.1, 0.15) is 0 Å². The van der Waals surface area contributed by atoms with Gasteiger partial charge >= 0.3 is 0 Å². The standard InChI is InChI=1S/C18H22ClN3O2S/c1-20(2)25(23,24)22-18(15-9-11-16(19)12-10-15)17(13-21(22)3)14-7-5-4-6-8-14/h4-12,17-18H,13H2,1-3H3/t17-,18?/m1/s1. The fourth-order valence-electron chi connectivity index (χ4n) is 3.33. The maximum Gasteiger partial charge on any atom is 0.295 e.